The number of carbonyl (C=O) groups excluding carboxylic acids is 1. The summed E-state index contributed by atoms with van der Waals surface area (Å²) in [6.07, 6.45) is 6.34. The minimum Gasteiger partial charge on any atom is -0.345 e. The Morgan fingerprint density at radius 1 is 1.14 bits per heavy atom. The Morgan fingerprint density at radius 2 is 1.86 bits per heavy atom. The lowest BCUT2D eigenvalue weighted by Crippen LogP contribution is -2.32. The maximum Gasteiger partial charge on any atom is 0.253 e. The highest BCUT2D eigenvalue weighted by Gasteiger charge is 2.27. The number of halogens is 1. The minimum absolute atomic E-state index is 0.0619. The number of hydrogen-bond donors (Lipinski definition) is 1. The van der Waals surface area contributed by atoms with E-state index in [1.165, 1.54) is 37.4 Å². The van der Waals surface area contributed by atoms with Crippen molar-refractivity contribution in [2.24, 2.45) is 5.92 Å². The summed E-state index contributed by atoms with van der Waals surface area (Å²) in [6.45, 7) is 0. The molecule has 3 rings (SSSR count). The lowest BCUT2D eigenvalue weighted by atomic mass is 9.91. The van der Waals surface area contributed by atoms with Crippen LogP contribution in [0.3, 0.4) is 0 Å². The zero-order valence-corrected chi connectivity index (χ0v) is 13.1. The molecule has 1 fully saturated rings. The van der Waals surface area contributed by atoms with Crippen LogP contribution in [0.15, 0.2) is 48.7 Å². The topological polar surface area (TPSA) is 42.0 Å². The predicted octanol–water partition coefficient (Wildman–Crippen LogP) is 4.40. The van der Waals surface area contributed by atoms with Crippen LogP contribution in [0.5, 0.6) is 0 Å². The van der Waals surface area contributed by atoms with E-state index in [-0.39, 0.29) is 11.9 Å². The van der Waals surface area contributed by atoms with Gasteiger partial charge in [0.25, 0.3) is 5.91 Å². The summed E-state index contributed by atoms with van der Waals surface area (Å²) >= 11 is 5.78. The number of aromatic nitrogens is 1. The molecule has 1 unspecified atom stereocenters. The molecule has 1 atom stereocenters. The van der Waals surface area contributed by atoms with Crippen LogP contribution in [0.1, 0.15) is 47.6 Å². The molecule has 1 amide bonds. The van der Waals surface area contributed by atoms with Gasteiger partial charge in [0.1, 0.15) is 5.15 Å². The molecule has 0 bridgehead atoms. The van der Waals surface area contributed by atoms with Crippen LogP contribution in [0.25, 0.3) is 0 Å². The van der Waals surface area contributed by atoms with Crippen LogP contribution in [0, 0.1) is 5.92 Å². The highest BCUT2D eigenvalue weighted by Crippen LogP contribution is 2.35. The molecule has 1 aliphatic rings. The molecule has 1 saturated carbocycles. The molecule has 114 valence electrons. The lowest BCUT2D eigenvalue weighted by Gasteiger charge is -2.25. The summed E-state index contributed by atoms with van der Waals surface area (Å²) in [5.41, 5.74) is 1.72. The van der Waals surface area contributed by atoms with Crippen molar-refractivity contribution < 1.29 is 4.79 Å². The second-order valence-corrected chi connectivity index (χ2v) is 6.16. The average Bonchev–Trinajstić information content (AvgIpc) is 3.08. The van der Waals surface area contributed by atoms with E-state index in [1.807, 2.05) is 18.2 Å². The van der Waals surface area contributed by atoms with Gasteiger partial charge in [-0.2, -0.15) is 0 Å². The van der Waals surface area contributed by atoms with Crippen molar-refractivity contribution in [3.63, 3.8) is 0 Å². The SMILES string of the molecule is O=C(NC(c1ccccc1)C1CCCC1)c1ccc(Cl)nc1. The van der Waals surface area contributed by atoms with Crippen molar-refractivity contribution in [1.82, 2.24) is 10.3 Å². The van der Waals surface area contributed by atoms with E-state index in [0.29, 0.717) is 16.6 Å². The largest absolute Gasteiger partial charge is 0.345 e. The highest BCUT2D eigenvalue weighted by atomic mass is 35.5. The number of pyridine rings is 1. The number of carbonyl (C=O) groups is 1. The molecule has 1 N–H and O–H groups in total. The molecule has 4 heteroatoms. The Bertz CT molecular complexity index is 621. The third-order valence-electron chi connectivity index (χ3n) is 4.31. The molecule has 0 aliphatic heterocycles. The Balaban J connectivity index is 1.80. The van der Waals surface area contributed by atoms with Gasteiger partial charge in [0, 0.05) is 6.20 Å². The first kappa shape index (κ1) is 15.0. The first-order chi connectivity index (χ1) is 10.7. The standard InChI is InChI=1S/C18H19ClN2O/c19-16-11-10-15(12-20-16)18(22)21-17(14-8-4-5-9-14)13-6-2-1-3-7-13/h1-3,6-7,10-12,14,17H,4-5,8-9H2,(H,21,22). The van der Waals surface area contributed by atoms with Gasteiger partial charge in [-0.1, -0.05) is 54.8 Å². The maximum atomic E-state index is 12.5. The van der Waals surface area contributed by atoms with Crippen LogP contribution >= 0.6 is 11.6 Å². The number of amides is 1. The monoisotopic (exact) mass is 314 g/mol. The third kappa shape index (κ3) is 3.47. The fourth-order valence-electron chi connectivity index (χ4n) is 3.16. The molecule has 2 aromatic rings. The van der Waals surface area contributed by atoms with Crippen molar-refractivity contribution in [3.05, 3.63) is 64.9 Å². The molecule has 22 heavy (non-hydrogen) atoms. The van der Waals surface area contributed by atoms with Gasteiger partial charge in [-0.3, -0.25) is 4.79 Å². The predicted molar refractivity (Wildman–Crippen MR) is 87.9 cm³/mol. The van der Waals surface area contributed by atoms with E-state index < -0.39 is 0 Å². The van der Waals surface area contributed by atoms with Crippen molar-refractivity contribution in [1.29, 1.82) is 0 Å². The molecule has 1 aromatic heterocycles. The van der Waals surface area contributed by atoms with Crippen LogP contribution in [-0.4, -0.2) is 10.9 Å². The normalized spacial score (nSPS) is 16.4. The van der Waals surface area contributed by atoms with Crippen molar-refractivity contribution in [3.8, 4) is 0 Å². The van der Waals surface area contributed by atoms with Gasteiger partial charge in [0.2, 0.25) is 0 Å². The number of nitrogens with zero attached hydrogens (tertiary/aromatic N) is 1. The van der Waals surface area contributed by atoms with Gasteiger partial charge in [-0.15, -0.1) is 0 Å². The van der Waals surface area contributed by atoms with Gasteiger partial charge < -0.3 is 5.32 Å². The first-order valence-electron chi connectivity index (χ1n) is 7.71. The van der Waals surface area contributed by atoms with Crippen LogP contribution in [-0.2, 0) is 0 Å². The molecule has 0 spiro atoms. The van der Waals surface area contributed by atoms with Crippen LogP contribution in [0.2, 0.25) is 5.15 Å². The molecule has 1 aliphatic carbocycles. The summed E-state index contributed by atoms with van der Waals surface area (Å²) in [6, 6.07) is 13.6. The number of nitrogens with one attached hydrogen (secondary N) is 1. The van der Waals surface area contributed by atoms with Crippen LogP contribution in [0.4, 0.5) is 0 Å². The molecule has 1 heterocycles. The van der Waals surface area contributed by atoms with E-state index in [1.54, 1.807) is 12.1 Å². The van der Waals surface area contributed by atoms with E-state index in [2.05, 4.69) is 22.4 Å². The fourth-order valence-corrected chi connectivity index (χ4v) is 3.27. The van der Waals surface area contributed by atoms with Crippen LogP contribution < -0.4 is 5.32 Å². The Labute approximate surface area is 135 Å². The van der Waals surface area contributed by atoms with Gasteiger partial charge >= 0.3 is 0 Å². The zero-order chi connectivity index (χ0) is 15.4. The average molecular weight is 315 g/mol. The molecular weight excluding hydrogens is 296 g/mol. The lowest BCUT2D eigenvalue weighted by molar-refractivity contribution is 0.0921. The highest BCUT2D eigenvalue weighted by molar-refractivity contribution is 6.29. The Hall–Kier alpha value is -1.87. The van der Waals surface area contributed by atoms with Gasteiger partial charge in [0.15, 0.2) is 0 Å². The molecule has 3 nitrogen and oxygen atoms in total. The summed E-state index contributed by atoms with van der Waals surface area (Å²) < 4.78 is 0. The fraction of sp³-hybridized carbons (Fsp3) is 0.333. The van der Waals surface area contributed by atoms with E-state index in [0.717, 1.165) is 0 Å². The summed E-state index contributed by atoms with van der Waals surface area (Å²) in [5.74, 6) is 0.413. The summed E-state index contributed by atoms with van der Waals surface area (Å²) in [4.78, 5) is 16.5. The molecular formula is C18H19ClN2O. The van der Waals surface area contributed by atoms with Crippen molar-refractivity contribution in [2.75, 3.05) is 0 Å². The quantitative estimate of drug-likeness (QED) is 0.850. The maximum absolute atomic E-state index is 12.5. The second-order valence-electron chi connectivity index (χ2n) is 5.78. The molecule has 0 saturated heterocycles. The molecule has 1 aromatic carbocycles. The van der Waals surface area contributed by atoms with E-state index >= 15 is 0 Å². The third-order valence-corrected chi connectivity index (χ3v) is 4.53. The molecule has 0 radical (unpaired) electrons. The van der Waals surface area contributed by atoms with Gasteiger partial charge in [-0.25, -0.2) is 4.98 Å². The summed E-state index contributed by atoms with van der Waals surface area (Å²) in [7, 11) is 0. The van der Waals surface area contributed by atoms with Gasteiger partial charge in [0.05, 0.1) is 11.6 Å². The number of hydrogen-bond acceptors (Lipinski definition) is 2. The first-order valence-corrected chi connectivity index (χ1v) is 8.09. The smallest absolute Gasteiger partial charge is 0.253 e. The van der Waals surface area contributed by atoms with Gasteiger partial charge in [-0.05, 0) is 36.5 Å². The van der Waals surface area contributed by atoms with Crippen molar-refractivity contribution >= 4 is 17.5 Å². The second kappa shape index (κ2) is 6.93. The minimum atomic E-state index is -0.0927. The van der Waals surface area contributed by atoms with E-state index in [4.69, 9.17) is 11.6 Å². The van der Waals surface area contributed by atoms with E-state index in [9.17, 15) is 4.79 Å². The zero-order valence-electron chi connectivity index (χ0n) is 12.3. The Kier molecular flexibility index (Phi) is 4.74. The number of rotatable bonds is 4. The number of benzene rings is 1. The van der Waals surface area contributed by atoms with Crippen molar-refractivity contribution in [2.45, 2.75) is 31.7 Å². The summed E-state index contributed by atoms with van der Waals surface area (Å²) in [5, 5.41) is 3.58. The Morgan fingerprint density at radius 3 is 2.50 bits per heavy atom.